The number of benzene rings is 1. The topological polar surface area (TPSA) is 60.5 Å². The first-order valence-corrected chi connectivity index (χ1v) is 11.0. The summed E-state index contributed by atoms with van der Waals surface area (Å²) in [5, 5.41) is 3.97. The molecule has 0 spiro atoms. The Morgan fingerprint density at radius 3 is 2.55 bits per heavy atom. The van der Waals surface area contributed by atoms with Gasteiger partial charge in [0, 0.05) is 18.2 Å². The van der Waals surface area contributed by atoms with Gasteiger partial charge >= 0.3 is 0 Å². The Morgan fingerprint density at radius 1 is 1.03 bits per heavy atom. The molecule has 0 fully saturated rings. The Kier molecular flexibility index (Phi) is 9.39. The number of fused-ring (bicyclic) bond motifs is 1. The molecule has 1 aromatic carbocycles. The predicted molar refractivity (Wildman–Crippen MR) is 120 cm³/mol. The second-order valence-corrected chi connectivity index (χ2v) is 7.70. The second kappa shape index (κ2) is 11.8. The van der Waals surface area contributed by atoms with E-state index in [-0.39, 0.29) is 5.91 Å². The van der Waals surface area contributed by atoms with Gasteiger partial charge in [-0.2, -0.15) is 0 Å². The molecule has 0 aliphatic heterocycles. The fourth-order valence-electron chi connectivity index (χ4n) is 3.24. The smallest absolute Gasteiger partial charge is 0.256 e. The van der Waals surface area contributed by atoms with E-state index < -0.39 is 5.60 Å². The molecule has 0 saturated heterocycles. The van der Waals surface area contributed by atoms with E-state index in [1.807, 2.05) is 31.2 Å². The lowest BCUT2D eigenvalue weighted by Gasteiger charge is -2.29. The number of ether oxygens (including phenoxy) is 2. The summed E-state index contributed by atoms with van der Waals surface area (Å²) in [6, 6.07) is 7.63. The third kappa shape index (κ3) is 6.43. The molecular weight excluding hydrogens is 364 g/mol. The summed E-state index contributed by atoms with van der Waals surface area (Å²) in [5.41, 5.74) is 0.669. The molecule has 5 heteroatoms. The molecule has 2 rings (SSSR count). The van der Waals surface area contributed by atoms with Crippen molar-refractivity contribution in [1.82, 2.24) is 4.98 Å². The molecule has 1 N–H and O–H groups in total. The van der Waals surface area contributed by atoms with Gasteiger partial charge in [0.15, 0.2) is 0 Å². The van der Waals surface area contributed by atoms with Gasteiger partial charge in [-0.25, -0.2) is 0 Å². The van der Waals surface area contributed by atoms with Crippen LogP contribution in [0.1, 0.15) is 72.6 Å². The summed E-state index contributed by atoms with van der Waals surface area (Å²) >= 11 is 0. The number of amides is 1. The zero-order chi connectivity index (χ0) is 21.1. The van der Waals surface area contributed by atoms with Crippen LogP contribution in [0.5, 0.6) is 5.75 Å². The fourth-order valence-corrected chi connectivity index (χ4v) is 3.24. The maximum Gasteiger partial charge on any atom is 0.256 e. The Morgan fingerprint density at radius 2 is 1.83 bits per heavy atom. The van der Waals surface area contributed by atoms with Gasteiger partial charge in [0.2, 0.25) is 0 Å². The summed E-state index contributed by atoms with van der Waals surface area (Å²) in [6.07, 6.45) is 8.59. The number of nitrogens with one attached hydrogen (secondary N) is 1. The van der Waals surface area contributed by atoms with Crippen LogP contribution in [0.4, 0.5) is 5.69 Å². The van der Waals surface area contributed by atoms with Gasteiger partial charge in [-0.15, -0.1) is 0 Å². The molecule has 1 atom stereocenters. The first kappa shape index (κ1) is 23.1. The monoisotopic (exact) mass is 400 g/mol. The molecule has 2 aromatic rings. The molecule has 0 bridgehead atoms. The second-order valence-electron chi connectivity index (χ2n) is 7.70. The molecule has 0 radical (unpaired) electrons. The summed E-state index contributed by atoms with van der Waals surface area (Å²) in [5.74, 6) is 0.645. The van der Waals surface area contributed by atoms with Crippen LogP contribution in [0.2, 0.25) is 0 Å². The highest BCUT2D eigenvalue weighted by Crippen LogP contribution is 2.31. The van der Waals surface area contributed by atoms with E-state index >= 15 is 0 Å². The number of carbonyl (C=O) groups is 1. The Labute approximate surface area is 175 Å². The number of unbranched alkanes of at least 4 members (excludes halogenated alkanes) is 3. The van der Waals surface area contributed by atoms with E-state index in [9.17, 15) is 4.79 Å². The van der Waals surface area contributed by atoms with Crippen molar-refractivity contribution in [3.63, 3.8) is 0 Å². The standard InChI is InChI=1S/C24H36N2O3/c1-5-8-10-15-24(4,29-17-7-3)23(27)26-20-13-14-21(28-18-9-6-2)22-19(20)12-11-16-25-22/h11-14,16H,5-10,15,17-18H2,1-4H3,(H,26,27)/t24-/m1/s1. The maximum absolute atomic E-state index is 13.2. The zero-order valence-electron chi connectivity index (χ0n) is 18.4. The van der Waals surface area contributed by atoms with Gasteiger partial charge in [-0.05, 0) is 50.5 Å². The zero-order valence-corrected chi connectivity index (χ0v) is 18.4. The molecule has 1 amide bonds. The summed E-state index contributed by atoms with van der Waals surface area (Å²) < 4.78 is 11.9. The van der Waals surface area contributed by atoms with Gasteiger partial charge in [0.1, 0.15) is 16.9 Å². The summed E-state index contributed by atoms with van der Waals surface area (Å²) in [7, 11) is 0. The molecular formula is C24H36N2O3. The minimum absolute atomic E-state index is 0.105. The third-order valence-electron chi connectivity index (χ3n) is 5.10. The van der Waals surface area contributed by atoms with Crippen LogP contribution < -0.4 is 10.1 Å². The highest BCUT2D eigenvalue weighted by Gasteiger charge is 2.34. The minimum Gasteiger partial charge on any atom is -0.491 e. The average Bonchev–Trinajstić information content (AvgIpc) is 2.74. The average molecular weight is 401 g/mol. The Bertz CT molecular complexity index is 778. The molecule has 0 unspecified atom stereocenters. The molecule has 0 saturated carbocycles. The van der Waals surface area contributed by atoms with Gasteiger partial charge in [0.05, 0.1) is 12.3 Å². The van der Waals surface area contributed by atoms with Crippen LogP contribution in [0.25, 0.3) is 10.9 Å². The maximum atomic E-state index is 13.2. The van der Waals surface area contributed by atoms with Crippen molar-refractivity contribution >= 4 is 22.5 Å². The molecule has 5 nitrogen and oxygen atoms in total. The van der Waals surface area contributed by atoms with Crippen molar-refractivity contribution in [1.29, 1.82) is 0 Å². The van der Waals surface area contributed by atoms with E-state index in [2.05, 4.69) is 31.1 Å². The quantitative estimate of drug-likeness (QED) is 0.412. The number of pyridine rings is 1. The first-order valence-electron chi connectivity index (χ1n) is 11.0. The molecule has 160 valence electrons. The van der Waals surface area contributed by atoms with E-state index in [1.165, 1.54) is 0 Å². The van der Waals surface area contributed by atoms with Crippen molar-refractivity contribution < 1.29 is 14.3 Å². The molecule has 0 aliphatic carbocycles. The number of carbonyl (C=O) groups excluding carboxylic acids is 1. The Balaban J connectivity index is 2.24. The first-order chi connectivity index (χ1) is 14.1. The van der Waals surface area contributed by atoms with E-state index in [0.29, 0.717) is 19.6 Å². The lowest BCUT2D eigenvalue weighted by molar-refractivity contribution is -0.140. The number of hydrogen-bond acceptors (Lipinski definition) is 4. The normalized spacial score (nSPS) is 13.2. The van der Waals surface area contributed by atoms with Gasteiger partial charge < -0.3 is 14.8 Å². The number of aromatic nitrogens is 1. The molecule has 0 aliphatic rings. The highest BCUT2D eigenvalue weighted by molar-refractivity contribution is 6.05. The van der Waals surface area contributed by atoms with E-state index in [0.717, 1.165) is 60.9 Å². The minimum atomic E-state index is -0.837. The predicted octanol–water partition coefficient (Wildman–Crippen LogP) is 6.12. The number of hydrogen-bond donors (Lipinski definition) is 1. The summed E-state index contributed by atoms with van der Waals surface area (Å²) in [6.45, 7) is 9.48. The SMILES string of the molecule is CCCCC[C@@](C)(OCCC)C(=O)Nc1ccc(OCCCC)c2ncccc12. The molecule has 1 heterocycles. The van der Waals surface area contributed by atoms with Crippen molar-refractivity contribution in [3.05, 3.63) is 30.5 Å². The van der Waals surface area contributed by atoms with Crippen LogP contribution in [-0.2, 0) is 9.53 Å². The Hall–Kier alpha value is -2.14. The van der Waals surface area contributed by atoms with Crippen LogP contribution >= 0.6 is 0 Å². The largest absolute Gasteiger partial charge is 0.491 e. The van der Waals surface area contributed by atoms with E-state index in [4.69, 9.17) is 9.47 Å². The number of nitrogens with zero attached hydrogens (tertiary/aromatic N) is 1. The van der Waals surface area contributed by atoms with Crippen molar-refractivity contribution in [2.75, 3.05) is 18.5 Å². The van der Waals surface area contributed by atoms with Gasteiger partial charge in [-0.1, -0.05) is 46.5 Å². The van der Waals surface area contributed by atoms with Crippen molar-refractivity contribution in [2.45, 2.75) is 78.2 Å². The lowest BCUT2D eigenvalue weighted by atomic mass is 9.96. The highest BCUT2D eigenvalue weighted by atomic mass is 16.5. The third-order valence-corrected chi connectivity index (χ3v) is 5.10. The number of rotatable bonds is 13. The van der Waals surface area contributed by atoms with Gasteiger partial charge in [0.25, 0.3) is 5.91 Å². The number of anilines is 1. The van der Waals surface area contributed by atoms with Crippen LogP contribution in [0, 0.1) is 0 Å². The van der Waals surface area contributed by atoms with Gasteiger partial charge in [-0.3, -0.25) is 9.78 Å². The van der Waals surface area contributed by atoms with E-state index in [1.54, 1.807) is 6.20 Å². The fraction of sp³-hybridized carbons (Fsp3) is 0.583. The summed E-state index contributed by atoms with van der Waals surface area (Å²) in [4.78, 5) is 17.7. The molecule has 29 heavy (non-hydrogen) atoms. The van der Waals surface area contributed by atoms with Crippen LogP contribution in [0.15, 0.2) is 30.5 Å². The van der Waals surface area contributed by atoms with Crippen LogP contribution in [0.3, 0.4) is 0 Å². The molecule has 1 aromatic heterocycles. The lowest BCUT2D eigenvalue weighted by Crippen LogP contribution is -2.43. The van der Waals surface area contributed by atoms with Crippen molar-refractivity contribution in [3.8, 4) is 5.75 Å². The van der Waals surface area contributed by atoms with Crippen molar-refractivity contribution in [2.24, 2.45) is 0 Å². The van der Waals surface area contributed by atoms with Crippen LogP contribution in [-0.4, -0.2) is 29.7 Å².